The van der Waals surface area contributed by atoms with Crippen LogP contribution < -0.4 is 14.4 Å². The van der Waals surface area contributed by atoms with Crippen molar-refractivity contribution in [1.29, 1.82) is 0 Å². The SMILES string of the molecule is CN(C)CCN(C(=O)c1ccc(S(=O)(=O)N(C)C2CCCCC2)cc1)c1nc2cc3c(cc2s1)OCO3.Cl. The standard InChI is InChI=1S/C26H32N4O5S2.ClH/c1-28(2)13-14-30(26-27-21-15-22-23(35-17-34-22)16-24(21)36-26)25(31)18-9-11-20(12-10-18)37(32,33)29(3)19-7-5-4-6-8-19;/h9-12,15-16,19H,4-8,13-14,17H2,1-3H3;1H. The van der Waals surface area contributed by atoms with Crippen LogP contribution in [0.25, 0.3) is 10.2 Å². The quantitative estimate of drug-likeness (QED) is 0.384. The maximum absolute atomic E-state index is 13.6. The van der Waals surface area contributed by atoms with Gasteiger partial charge in [0.1, 0.15) is 0 Å². The minimum Gasteiger partial charge on any atom is -0.454 e. The van der Waals surface area contributed by atoms with E-state index >= 15 is 0 Å². The Morgan fingerprint density at radius 3 is 2.32 bits per heavy atom. The van der Waals surface area contributed by atoms with Crippen molar-refractivity contribution in [2.75, 3.05) is 45.9 Å². The summed E-state index contributed by atoms with van der Waals surface area (Å²) >= 11 is 1.41. The monoisotopic (exact) mass is 580 g/mol. The van der Waals surface area contributed by atoms with Gasteiger partial charge in [0.05, 0.1) is 15.1 Å². The number of hydrogen-bond donors (Lipinski definition) is 0. The van der Waals surface area contributed by atoms with Crippen molar-refractivity contribution in [3.8, 4) is 11.5 Å². The predicted octanol–water partition coefficient (Wildman–Crippen LogP) is 4.61. The highest BCUT2D eigenvalue weighted by atomic mass is 35.5. The molecule has 0 atom stereocenters. The fourth-order valence-corrected chi connectivity index (χ4v) is 7.15. The molecule has 0 N–H and O–H groups in total. The van der Waals surface area contributed by atoms with Gasteiger partial charge in [-0.05, 0) is 51.2 Å². The van der Waals surface area contributed by atoms with E-state index in [2.05, 4.69) is 0 Å². The molecule has 0 saturated heterocycles. The zero-order chi connectivity index (χ0) is 26.2. The van der Waals surface area contributed by atoms with E-state index in [4.69, 9.17) is 14.5 Å². The van der Waals surface area contributed by atoms with Gasteiger partial charge in [-0.25, -0.2) is 13.4 Å². The van der Waals surface area contributed by atoms with Gasteiger partial charge in [-0.3, -0.25) is 9.69 Å². The number of carbonyl (C=O) groups is 1. The van der Waals surface area contributed by atoms with Gasteiger partial charge in [0.25, 0.3) is 5.91 Å². The first-order valence-electron chi connectivity index (χ1n) is 12.5. The Balaban J connectivity index is 0.00000336. The molecule has 12 heteroatoms. The largest absolute Gasteiger partial charge is 0.454 e. The van der Waals surface area contributed by atoms with Crippen molar-refractivity contribution >= 4 is 55.0 Å². The lowest BCUT2D eigenvalue weighted by Crippen LogP contribution is -2.38. The van der Waals surface area contributed by atoms with Gasteiger partial charge < -0.3 is 14.4 Å². The summed E-state index contributed by atoms with van der Waals surface area (Å²) in [6.07, 6.45) is 5.03. The van der Waals surface area contributed by atoms with Gasteiger partial charge in [-0.2, -0.15) is 4.31 Å². The molecule has 2 aromatic carbocycles. The van der Waals surface area contributed by atoms with E-state index in [1.54, 1.807) is 24.1 Å². The summed E-state index contributed by atoms with van der Waals surface area (Å²) in [5.41, 5.74) is 1.14. The molecule has 1 aliphatic carbocycles. The molecule has 1 amide bonds. The molecular weight excluding hydrogens is 548 g/mol. The minimum atomic E-state index is -3.63. The molecule has 9 nitrogen and oxygen atoms in total. The molecule has 1 aromatic heterocycles. The molecular formula is C26H33ClN4O5S2. The maximum atomic E-state index is 13.6. The minimum absolute atomic E-state index is 0. The van der Waals surface area contributed by atoms with Gasteiger partial charge in [0.2, 0.25) is 16.8 Å². The number of benzene rings is 2. The number of rotatable bonds is 8. The molecule has 1 saturated carbocycles. The number of ether oxygens (including phenoxy) is 2. The molecule has 2 heterocycles. The van der Waals surface area contributed by atoms with Crippen LogP contribution in [0.4, 0.5) is 5.13 Å². The Morgan fingerprint density at radius 1 is 1.00 bits per heavy atom. The summed E-state index contributed by atoms with van der Waals surface area (Å²) < 4.78 is 39.8. The second-order valence-corrected chi connectivity index (χ2v) is 12.8. The summed E-state index contributed by atoms with van der Waals surface area (Å²) in [5, 5.41) is 0.569. The topological polar surface area (TPSA) is 92.3 Å². The molecule has 206 valence electrons. The number of thiazole rings is 1. The summed E-state index contributed by atoms with van der Waals surface area (Å²) in [5.74, 6) is 1.08. The van der Waals surface area contributed by atoms with E-state index in [1.807, 2.05) is 31.1 Å². The lowest BCUT2D eigenvalue weighted by atomic mass is 9.96. The summed E-state index contributed by atoms with van der Waals surface area (Å²) in [4.78, 5) is 22.2. The summed E-state index contributed by atoms with van der Waals surface area (Å²) in [6.45, 7) is 1.26. The second-order valence-electron chi connectivity index (χ2n) is 9.77. The Kier molecular flexibility index (Phi) is 8.83. The average molecular weight is 581 g/mol. The third-order valence-corrected chi connectivity index (χ3v) is 9.95. The van der Waals surface area contributed by atoms with Crippen LogP contribution in [0, 0.1) is 0 Å². The number of fused-ring (bicyclic) bond motifs is 2. The summed E-state index contributed by atoms with van der Waals surface area (Å²) in [7, 11) is 1.92. The number of amides is 1. The van der Waals surface area contributed by atoms with Crippen LogP contribution in [-0.4, -0.2) is 75.6 Å². The van der Waals surface area contributed by atoms with Crippen molar-refractivity contribution in [2.24, 2.45) is 0 Å². The van der Waals surface area contributed by atoms with Crippen LogP contribution in [0.2, 0.25) is 0 Å². The first-order chi connectivity index (χ1) is 17.7. The first kappa shape index (κ1) is 28.6. The van der Waals surface area contributed by atoms with Crippen molar-refractivity contribution in [1.82, 2.24) is 14.2 Å². The van der Waals surface area contributed by atoms with E-state index < -0.39 is 10.0 Å². The number of halogens is 1. The lowest BCUT2D eigenvalue weighted by molar-refractivity contribution is 0.0985. The predicted molar refractivity (Wildman–Crippen MR) is 151 cm³/mol. The fourth-order valence-electron chi connectivity index (χ4n) is 4.74. The van der Waals surface area contributed by atoms with Crippen LogP contribution in [-0.2, 0) is 10.0 Å². The molecule has 5 rings (SSSR count). The maximum Gasteiger partial charge on any atom is 0.260 e. The van der Waals surface area contributed by atoms with E-state index in [9.17, 15) is 13.2 Å². The molecule has 1 aliphatic heterocycles. The molecule has 0 bridgehead atoms. The molecule has 0 spiro atoms. The Bertz CT molecular complexity index is 1350. The van der Waals surface area contributed by atoms with Gasteiger partial charge in [0.15, 0.2) is 16.6 Å². The zero-order valence-electron chi connectivity index (χ0n) is 21.8. The van der Waals surface area contributed by atoms with Crippen LogP contribution >= 0.6 is 23.7 Å². The Labute approximate surface area is 233 Å². The molecule has 38 heavy (non-hydrogen) atoms. The normalized spacial score (nSPS) is 15.7. The highest BCUT2D eigenvalue weighted by Gasteiger charge is 2.30. The number of hydrogen-bond acceptors (Lipinski definition) is 8. The summed E-state index contributed by atoms with van der Waals surface area (Å²) in [6, 6.07) is 9.99. The molecule has 0 unspecified atom stereocenters. The number of anilines is 1. The molecule has 2 aliphatic rings. The highest BCUT2D eigenvalue weighted by Crippen LogP contribution is 2.40. The molecule has 1 fully saturated rings. The van der Waals surface area contributed by atoms with Gasteiger partial charge >= 0.3 is 0 Å². The van der Waals surface area contributed by atoms with Gasteiger partial charge in [-0.15, -0.1) is 12.4 Å². The van der Waals surface area contributed by atoms with Gasteiger partial charge in [-0.1, -0.05) is 30.6 Å². The zero-order valence-corrected chi connectivity index (χ0v) is 24.2. The van der Waals surface area contributed by atoms with Crippen molar-refractivity contribution < 1.29 is 22.7 Å². The van der Waals surface area contributed by atoms with Gasteiger partial charge in [0, 0.05) is 43.9 Å². The Hall–Kier alpha value is -2.44. The molecule has 3 aromatic rings. The number of likely N-dealkylation sites (N-methyl/N-ethyl adjacent to an activating group) is 1. The van der Waals surface area contributed by atoms with Crippen LogP contribution in [0.15, 0.2) is 41.3 Å². The van der Waals surface area contributed by atoms with E-state index in [0.717, 1.165) is 42.3 Å². The Morgan fingerprint density at radius 2 is 1.66 bits per heavy atom. The third kappa shape index (κ3) is 5.76. The number of sulfonamides is 1. The van der Waals surface area contributed by atoms with Crippen molar-refractivity contribution in [2.45, 2.75) is 43.0 Å². The van der Waals surface area contributed by atoms with E-state index in [1.165, 1.54) is 27.8 Å². The molecule has 0 radical (unpaired) electrons. The van der Waals surface area contributed by atoms with Crippen LogP contribution in [0.5, 0.6) is 11.5 Å². The van der Waals surface area contributed by atoms with Crippen LogP contribution in [0.3, 0.4) is 0 Å². The number of nitrogens with zero attached hydrogens (tertiary/aromatic N) is 4. The average Bonchev–Trinajstić information content (AvgIpc) is 3.53. The fraction of sp³-hybridized carbons (Fsp3) is 0.462. The van der Waals surface area contributed by atoms with Crippen molar-refractivity contribution in [3.63, 3.8) is 0 Å². The smallest absolute Gasteiger partial charge is 0.260 e. The van der Waals surface area contributed by atoms with E-state index in [0.29, 0.717) is 35.3 Å². The third-order valence-electron chi connectivity index (χ3n) is 6.99. The second kappa shape index (κ2) is 11.7. The highest BCUT2D eigenvalue weighted by molar-refractivity contribution is 7.89. The lowest BCUT2D eigenvalue weighted by Gasteiger charge is -2.30. The first-order valence-corrected chi connectivity index (χ1v) is 14.7. The van der Waals surface area contributed by atoms with Crippen LogP contribution in [0.1, 0.15) is 42.5 Å². The van der Waals surface area contributed by atoms with E-state index in [-0.39, 0.29) is 36.0 Å². The number of carbonyl (C=O) groups excluding carboxylic acids is 1. The van der Waals surface area contributed by atoms with Crippen molar-refractivity contribution in [3.05, 3.63) is 42.0 Å². The number of aromatic nitrogens is 1.